The van der Waals surface area contributed by atoms with Crippen molar-refractivity contribution in [3.63, 3.8) is 0 Å². The highest BCUT2D eigenvalue weighted by Crippen LogP contribution is 2.33. The number of esters is 1. The van der Waals surface area contributed by atoms with Crippen molar-refractivity contribution in [3.8, 4) is 0 Å². The Morgan fingerprint density at radius 1 is 1.22 bits per heavy atom. The van der Waals surface area contributed by atoms with E-state index in [1.165, 1.54) is 17.5 Å². The molecule has 4 heterocycles. The number of anilines is 1. The SMILES string of the molecule is COC(=O)c1sccc1S(=O)(=O)N1CCN(c2c(C)nn(C3CCS(=O)(=O)C3)c2C)CC1. The quantitative estimate of drug-likeness (QED) is 0.560. The third kappa shape index (κ3) is 4.06. The summed E-state index contributed by atoms with van der Waals surface area (Å²) in [7, 11) is -5.62. The van der Waals surface area contributed by atoms with Gasteiger partial charge in [0, 0.05) is 26.2 Å². The van der Waals surface area contributed by atoms with E-state index in [1.54, 1.807) is 5.38 Å². The summed E-state index contributed by atoms with van der Waals surface area (Å²) in [5.74, 6) is -0.383. The van der Waals surface area contributed by atoms with Crippen molar-refractivity contribution >= 4 is 42.9 Å². The number of aryl methyl sites for hydroxylation is 1. The molecule has 0 amide bonds. The molecule has 2 aromatic rings. The van der Waals surface area contributed by atoms with E-state index in [0.717, 1.165) is 28.4 Å². The molecule has 0 saturated carbocycles. The molecular formula is C19H26N4O6S3. The number of hydrogen-bond donors (Lipinski definition) is 0. The van der Waals surface area contributed by atoms with Gasteiger partial charge in [-0.05, 0) is 31.7 Å². The second-order valence-corrected chi connectivity index (χ2v) is 13.1. The van der Waals surface area contributed by atoms with Crippen LogP contribution in [0.2, 0.25) is 0 Å². The second kappa shape index (κ2) is 8.43. The number of methoxy groups -OCH3 is 1. The third-order valence-corrected chi connectivity index (χ3v) is 10.7. The molecule has 0 aromatic carbocycles. The molecule has 2 fully saturated rings. The highest BCUT2D eigenvalue weighted by Gasteiger charge is 2.35. The van der Waals surface area contributed by atoms with Gasteiger partial charge in [-0.2, -0.15) is 9.40 Å². The Bertz CT molecular complexity index is 1240. The molecule has 0 aliphatic carbocycles. The number of piperazine rings is 1. The number of carbonyl (C=O) groups is 1. The van der Waals surface area contributed by atoms with Crippen LogP contribution in [0.15, 0.2) is 16.3 Å². The van der Waals surface area contributed by atoms with Crippen LogP contribution in [0.4, 0.5) is 5.69 Å². The Balaban J connectivity index is 1.51. The van der Waals surface area contributed by atoms with Crippen molar-refractivity contribution in [1.82, 2.24) is 14.1 Å². The summed E-state index contributed by atoms with van der Waals surface area (Å²) in [5, 5.41) is 6.18. The van der Waals surface area contributed by atoms with E-state index in [1.807, 2.05) is 18.5 Å². The fourth-order valence-electron chi connectivity index (χ4n) is 4.47. The van der Waals surface area contributed by atoms with E-state index in [0.29, 0.717) is 19.5 Å². The lowest BCUT2D eigenvalue weighted by Crippen LogP contribution is -2.49. The molecule has 2 aliphatic rings. The fourth-order valence-corrected chi connectivity index (χ4v) is 8.89. The maximum absolute atomic E-state index is 13.1. The number of thiophene rings is 1. The lowest BCUT2D eigenvalue weighted by molar-refractivity contribution is 0.0602. The summed E-state index contributed by atoms with van der Waals surface area (Å²) < 4.78 is 58.0. The van der Waals surface area contributed by atoms with E-state index in [-0.39, 0.29) is 40.4 Å². The molecule has 0 bridgehead atoms. The summed E-state index contributed by atoms with van der Waals surface area (Å²) in [4.78, 5) is 14.1. The minimum atomic E-state index is -3.82. The molecule has 4 rings (SSSR count). The van der Waals surface area contributed by atoms with Crippen LogP contribution in [0.5, 0.6) is 0 Å². The standard InChI is InChI=1S/C19H26N4O6S3/c1-13-17(14(2)23(20-13)15-5-11-31(25,26)12-15)21-6-8-22(9-7-21)32(27,28)16-4-10-30-18(16)19(24)29-3/h4,10,15H,5-9,11-12H2,1-3H3. The van der Waals surface area contributed by atoms with E-state index >= 15 is 0 Å². The number of ether oxygens (including phenoxy) is 1. The maximum Gasteiger partial charge on any atom is 0.349 e. The van der Waals surface area contributed by atoms with Gasteiger partial charge in [0.25, 0.3) is 0 Å². The Kier molecular flexibility index (Phi) is 6.11. The van der Waals surface area contributed by atoms with Crippen LogP contribution in [0.3, 0.4) is 0 Å². The zero-order chi connectivity index (χ0) is 23.3. The number of sulfonamides is 1. The summed E-state index contributed by atoms with van der Waals surface area (Å²) in [6.45, 7) is 5.28. The summed E-state index contributed by atoms with van der Waals surface area (Å²) in [6, 6.07) is 1.27. The van der Waals surface area contributed by atoms with E-state index in [2.05, 4.69) is 10.00 Å². The zero-order valence-electron chi connectivity index (χ0n) is 18.1. The van der Waals surface area contributed by atoms with Gasteiger partial charge in [-0.1, -0.05) is 0 Å². The first-order valence-corrected chi connectivity index (χ1v) is 14.4. The number of nitrogens with zero attached hydrogens (tertiary/aromatic N) is 4. The predicted octanol–water partition coefficient (Wildman–Crippen LogP) is 1.22. The molecule has 0 spiro atoms. The van der Waals surface area contributed by atoms with Crippen LogP contribution in [0, 0.1) is 13.8 Å². The number of sulfone groups is 1. The van der Waals surface area contributed by atoms with Gasteiger partial charge in [-0.25, -0.2) is 21.6 Å². The molecule has 1 unspecified atom stereocenters. The minimum absolute atomic E-state index is 0.0228. The summed E-state index contributed by atoms with van der Waals surface area (Å²) >= 11 is 1.04. The monoisotopic (exact) mass is 502 g/mol. The number of hydrogen-bond acceptors (Lipinski definition) is 9. The lowest BCUT2D eigenvalue weighted by Gasteiger charge is -2.35. The van der Waals surface area contributed by atoms with Crippen LogP contribution in [-0.2, 0) is 24.6 Å². The first kappa shape index (κ1) is 23.2. The largest absolute Gasteiger partial charge is 0.465 e. The Hall–Kier alpha value is -1.96. The lowest BCUT2D eigenvalue weighted by atomic mass is 10.2. The van der Waals surface area contributed by atoms with Crippen LogP contribution in [0.25, 0.3) is 0 Å². The van der Waals surface area contributed by atoms with Crippen LogP contribution in [-0.4, -0.2) is 81.7 Å². The molecule has 2 aliphatic heterocycles. The Morgan fingerprint density at radius 2 is 1.91 bits per heavy atom. The topological polar surface area (TPSA) is 119 Å². The Morgan fingerprint density at radius 3 is 2.50 bits per heavy atom. The number of aromatic nitrogens is 2. The highest BCUT2D eigenvalue weighted by molar-refractivity contribution is 7.91. The van der Waals surface area contributed by atoms with Crippen molar-refractivity contribution in [1.29, 1.82) is 0 Å². The molecule has 2 saturated heterocycles. The molecule has 10 nitrogen and oxygen atoms in total. The molecule has 13 heteroatoms. The summed E-state index contributed by atoms with van der Waals surface area (Å²) in [6.07, 6.45) is 0.554. The third-order valence-electron chi connectivity index (χ3n) is 6.01. The van der Waals surface area contributed by atoms with E-state index in [4.69, 9.17) is 4.74 Å². The van der Waals surface area contributed by atoms with Gasteiger partial charge in [0.15, 0.2) is 9.84 Å². The van der Waals surface area contributed by atoms with Gasteiger partial charge in [0.05, 0.1) is 41.7 Å². The molecular weight excluding hydrogens is 476 g/mol. The molecule has 2 aromatic heterocycles. The predicted molar refractivity (Wildman–Crippen MR) is 121 cm³/mol. The average Bonchev–Trinajstić information content (AvgIpc) is 3.45. The van der Waals surface area contributed by atoms with Gasteiger partial charge in [0.2, 0.25) is 10.0 Å². The van der Waals surface area contributed by atoms with Gasteiger partial charge in [-0.3, -0.25) is 4.68 Å². The van der Waals surface area contributed by atoms with Crippen LogP contribution >= 0.6 is 11.3 Å². The first-order chi connectivity index (χ1) is 15.0. The first-order valence-electron chi connectivity index (χ1n) is 10.2. The van der Waals surface area contributed by atoms with E-state index in [9.17, 15) is 21.6 Å². The molecule has 0 radical (unpaired) electrons. The smallest absolute Gasteiger partial charge is 0.349 e. The normalized spacial score (nSPS) is 21.7. The molecule has 1 atom stereocenters. The van der Waals surface area contributed by atoms with Crippen molar-refractivity contribution in [2.45, 2.75) is 31.2 Å². The number of carbonyl (C=O) groups excluding carboxylic acids is 1. The van der Waals surface area contributed by atoms with Crippen molar-refractivity contribution in [2.75, 3.05) is 49.7 Å². The van der Waals surface area contributed by atoms with Gasteiger partial charge < -0.3 is 9.64 Å². The van der Waals surface area contributed by atoms with Crippen LogP contribution in [0.1, 0.15) is 33.5 Å². The average molecular weight is 503 g/mol. The van der Waals surface area contributed by atoms with Crippen molar-refractivity contribution in [2.24, 2.45) is 0 Å². The molecule has 0 N–H and O–H groups in total. The van der Waals surface area contributed by atoms with Gasteiger partial charge in [0.1, 0.15) is 9.77 Å². The number of rotatable bonds is 5. The highest BCUT2D eigenvalue weighted by atomic mass is 32.2. The molecule has 176 valence electrons. The van der Waals surface area contributed by atoms with Gasteiger partial charge in [-0.15, -0.1) is 11.3 Å². The zero-order valence-corrected chi connectivity index (χ0v) is 20.6. The fraction of sp³-hybridized carbons (Fsp3) is 0.579. The molecule has 32 heavy (non-hydrogen) atoms. The van der Waals surface area contributed by atoms with E-state index < -0.39 is 25.8 Å². The minimum Gasteiger partial charge on any atom is -0.465 e. The van der Waals surface area contributed by atoms with Gasteiger partial charge >= 0.3 is 5.97 Å². The second-order valence-electron chi connectivity index (χ2n) is 8.02. The maximum atomic E-state index is 13.1. The van der Waals surface area contributed by atoms with Crippen LogP contribution < -0.4 is 4.90 Å². The van der Waals surface area contributed by atoms with Crippen molar-refractivity contribution in [3.05, 3.63) is 27.7 Å². The Labute approximate surface area is 191 Å². The van der Waals surface area contributed by atoms with Crippen molar-refractivity contribution < 1.29 is 26.4 Å². The summed E-state index contributed by atoms with van der Waals surface area (Å²) in [5.41, 5.74) is 2.62.